The fraction of sp³-hybridized carbons (Fsp3) is 0.625. The number of ether oxygens (including phenoxy) is 1. The van der Waals surface area contributed by atoms with Crippen molar-refractivity contribution >= 4 is 23.1 Å². The molecule has 2 aliphatic rings. The Morgan fingerprint density at radius 3 is 3.00 bits per heavy atom. The summed E-state index contributed by atoms with van der Waals surface area (Å²) >= 11 is 6.35. The standard InChI is InChI=1S/C16H21ClN4O2/c1-16(4-2-5-16)14-7-10(17)12-8-18-15(20-21(12)14)19-11-3-6-23-9-13(11)22/h7-8,11,13,22H,2-6,9H2,1H3,(H,19,20)/t11-,13-/m1/s1. The number of halogens is 1. The fourth-order valence-corrected chi connectivity index (χ4v) is 3.70. The lowest BCUT2D eigenvalue weighted by Gasteiger charge is -2.37. The van der Waals surface area contributed by atoms with Gasteiger partial charge in [-0.1, -0.05) is 24.9 Å². The molecule has 2 atom stereocenters. The molecular weight excluding hydrogens is 316 g/mol. The summed E-state index contributed by atoms with van der Waals surface area (Å²) in [4.78, 5) is 4.36. The summed E-state index contributed by atoms with van der Waals surface area (Å²) in [6.07, 6.45) is 5.49. The molecule has 1 saturated carbocycles. The summed E-state index contributed by atoms with van der Waals surface area (Å²) in [5, 5.41) is 18.6. The Morgan fingerprint density at radius 1 is 1.48 bits per heavy atom. The monoisotopic (exact) mass is 336 g/mol. The minimum atomic E-state index is -0.542. The maximum atomic E-state index is 10.0. The minimum Gasteiger partial charge on any atom is -0.389 e. The second-order valence-corrected chi connectivity index (χ2v) is 7.26. The van der Waals surface area contributed by atoms with E-state index < -0.39 is 6.10 Å². The van der Waals surface area contributed by atoms with Gasteiger partial charge in [-0.05, 0) is 25.3 Å². The molecule has 2 N–H and O–H groups in total. The predicted molar refractivity (Wildman–Crippen MR) is 88.1 cm³/mol. The van der Waals surface area contributed by atoms with E-state index >= 15 is 0 Å². The second kappa shape index (κ2) is 5.61. The highest BCUT2D eigenvalue weighted by atomic mass is 35.5. The molecule has 0 amide bonds. The first kappa shape index (κ1) is 15.2. The van der Waals surface area contributed by atoms with Crippen LogP contribution in [-0.2, 0) is 10.2 Å². The van der Waals surface area contributed by atoms with Crippen LogP contribution in [0.25, 0.3) is 5.52 Å². The molecule has 1 saturated heterocycles. The molecule has 1 aliphatic heterocycles. The van der Waals surface area contributed by atoms with Crippen LogP contribution < -0.4 is 5.32 Å². The number of nitrogens with one attached hydrogen (secondary N) is 1. The van der Waals surface area contributed by atoms with Crippen LogP contribution in [0, 0.1) is 0 Å². The van der Waals surface area contributed by atoms with Gasteiger partial charge in [0.05, 0.1) is 35.7 Å². The van der Waals surface area contributed by atoms with E-state index in [2.05, 4.69) is 22.3 Å². The lowest BCUT2D eigenvalue weighted by molar-refractivity contribution is -0.0136. The summed E-state index contributed by atoms with van der Waals surface area (Å²) in [5.74, 6) is 0.514. The molecule has 3 heterocycles. The first-order chi connectivity index (χ1) is 11.1. The van der Waals surface area contributed by atoms with Crippen LogP contribution in [-0.4, -0.2) is 45.1 Å². The van der Waals surface area contributed by atoms with Crippen molar-refractivity contribution in [2.75, 3.05) is 18.5 Å². The molecule has 7 heteroatoms. The van der Waals surface area contributed by atoms with E-state index in [1.165, 1.54) is 6.42 Å². The Balaban J connectivity index is 1.68. The molecule has 124 valence electrons. The number of hydrogen-bond acceptors (Lipinski definition) is 5. The molecule has 2 aromatic heterocycles. The van der Waals surface area contributed by atoms with E-state index in [1.807, 2.05) is 10.6 Å². The Hall–Kier alpha value is -1.37. The van der Waals surface area contributed by atoms with Crippen LogP contribution in [0.2, 0.25) is 5.02 Å². The normalized spacial score (nSPS) is 26.9. The van der Waals surface area contributed by atoms with Gasteiger partial charge in [0.1, 0.15) is 5.52 Å². The lowest BCUT2D eigenvalue weighted by Crippen LogP contribution is -2.42. The van der Waals surface area contributed by atoms with Crippen molar-refractivity contribution in [3.8, 4) is 0 Å². The lowest BCUT2D eigenvalue weighted by atomic mass is 9.68. The number of aliphatic hydroxyl groups excluding tert-OH is 1. The maximum Gasteiger partial charge on any atom is 0.241 e. The zero-order valence-corrected chi connectivity index (χ0v) is 13.9. The van der Waals surface area contributed by atoms with Crippen LogP contribution in [0.3, 0.4) is 0 Å². The first-order valence-electron chi connectivity index (χ1n) is 8.14. The third-order valence-electron chi connectivity index (χ3n) is 5.18. The van der Waals surface area contributed by atoms with Crippen LogP contribution >= 0.6 is 11.6 Å². The molecule has 2 fully saturated rings. The summed E-state index contributed by atoms with van der Waals surface area (Å²) in [6, 6.07) is 1.92. The van der Waals surface area contributed by atoms with E-state index in [0.717, 1.165) is 30.5 Å². The topological polar surface area (TPSA) is 71.7 Å². The molecule has 4 rings (SSSR count). The van der Waals surface area contributed by atoms with Crippen LogP contribution in [0.15, 0.2) is 12.3 Å². The molecule has 6 nitrogen and oxygen atoms in total. The van der Waals surface area contributed by atoms with E-state index in [9.17, 15) is 5.11 Å². The van der Waals surface area contributed by atoms with Crippen molar-refractivity contribution in [1.82, 2.24) is 14.6 Å². The average Bonchev–Trinajstić information content (AvgIpc) is 2.84. The van der Waals surface area contributed by atoms with Crippen molar-refractivity contribution in [2.45, 2.75) is 50.2 Å². The van der Waals surface area contributed by atoms with Crippen LogP contribution in [0.5, 0.6) is 0 Å². The Kier molecular flexibility index (Phi) is 3.70. The van der Waals surface area contributed by atoms with Crippen molar-refractivity contribution < 1.29 is 9.84 Å². The van der Waals surface area contributed by atoms with Gasteiger partial charge in [-0.3, -0.25) is 0 Å². The Bertz CT molecular complexity index is 728. The van der Waals surface area contributed by atoms with Gasteiger partial charge >= 0.3 is 0 Å². The Labute approximate surface area is 139 Å². The van der Waals surface area contributed by atoms with Gasteiger partial charge in [-0.15, -0.1) is 5.10 Å². The third kappa shape index (κ3) is 2.58. The SMILES string of the molecule is CC1(c2cc(Cl)c3cnc(N[C@@H]4CCOC[C@H]4O)nn23)CCC1. The summed E-state index contributed by atoms with van der Waals surface area (Å²) in [6.45, 7) is 3.24. The van der Waals surface area contributed by atoms with E-state index in [4.69, 9.17) is 16.3 Å². The number of aromatic nitrogens is 3. The number of hydrogen-bond donors (Lipinski definition) is 2. The second-order valence-electron chi connectivity index (χ2n) is 6.85. The average molecular weight is 337 g/mol. The van der Waals surface area contributed by atoms with Crippen molar-refractivity contribution in [1.29, 1.82) is 0 Å². The van der Waals surface area contributed by atoms with Gasteiger partial charge < -0.3 is 15.2 Å². The largest absolute Gasteiger partial charge is 0.389 e. The summed E-state index contributed by atoms with van der Waals surface area (Å²) < 4.78 is 7.16. The molecule has 23 heavy (non-hydrogen) atoms. The number of aliphatic hydroxyl groups is 1. The van der Waals surface area contributed by atoms with Gasteiger partial charge in [0.25, 0.3) is 0 Å². The van der Waals surface area contributed by atoms with E-state index in [0.29, 0.717) is 24.2 Å². The number of nitrogens with zero attached hydrogens (tertiary/aromatic N) is 3. The van der Waals surface area contributed by atoms with Gasteiger partial charge in [0.2, 0.25) is 5.95 Å². The number of fused-ring (bicyclic) bond motifs is 1. The van der Waals surface area contributed by atoms with Gasteiger partial charge in [-0.25, -0.2) is 9.50 Å². The summed E-state index contributed by atoms with van der Waals surface area (Å²) in [5.41, 5.74) is 2.11. The molecule has 2 aromatic rings. The van der Waals surface area contributed by atoms with Crippen molar-refractivity contribution in [3.63, 3.8) is 0 Å². The zero-order valence-electron chi connectivity index (χ0n) is 13.1. The fourth-order valence-electron chi connectivity index (χ4n) is 3.47. The zero-order chi connectivity index (χ0) is 16.0. The van der Waals surface area contributed by atoms with Gasteiger partial charge in [0.15, 0.2) is 0 Å². The highest BCUT2D eigenvalue weighted by Gasteiger charge is 2.37. The molecular formula is C16H21ClN4O2. The smallest absolute Gasteiger partial charge is 0.241 e. The third-order valence-corrected chi connectivity index (χ3v) is 5.49. The quantitative estimate of drug-likeness (QED) is 0.900. The van der Waals surface area contributed by atoms with E-state index in [1.54, 1.807) is 6.20 Å². The highest BCUT2D eigenvalue weighted by molar-refractivity contribution is 6.34. The van der Waals surface area contributed by atoms with Gasteiger partial charge in [0, 0.05) is 12.0 Å². The Morgan fingerprint density at radius 2 is 2.30 bits per heavy atom. The molecule has 0 radical (unpaired) electrons. The molecule has 0 bridgehead atoms. The summed E-state index contributed by atoms with van der Waals surface area (Å²) in [7, 11) is 0. The van der Waals surface area contributed by atoms with Crippen molar-refractivity contribution in [2.24, 2.45) is 0 Å². The van der Waals surface area contributed by atoms with E-state index in [-0.39, 0.29) is 11.5 Å². The van der Waals surface area contributed by atoms with Crippen LogP contribution in [0.1, 0.15) is 38.3 Å². The van der Waals surface area contributed by atoms with Crippen LogP contribution in [0.4, 0.5) is 5.95 Å². The minimum absolute atomic E-state index is 0.0880. The maximum absolute atomic E-state index is 10.0. The van der Waals surface area contributed by atoms with Gasteiger partial charge in [-0.2, -0.15) is 0 Å². The predicted octanol–water partition coefficient (Wildman–Crippen LogP) is 2.39. The number of anilines is 1. The highest BCUT2D eigenvalue weighted by Crippen LogP contribution is 2.44. The van der Waals surface area contributed by atoms with Crippen molar-refractivity contribution in [3.05, 3.63) is 23.0 Å². The first-order valence-corrected chi connectivity index (χ1v) is 8.52. The molecule has 0 unspecified atom stereocenters. The number of rotatable bonds is 3. The molecule has 0 aromatic carbocycles. The molecule has 1 aliphatic carbocycles. The molecule has 0 spiro atoms.